The van der Waals surface area contributed by atoms with Gasteiger partial charge in [0.1, 0.15) is 17.6 Å². The SMILES string of the molecule is C[C@@H]1C[C@H](C)CN(c2ccc(N3C(=S)N[C@@H](c4ccccn4)[C@H]3c3ccc(-c4cccc(Cl)c4Cl)o3)cc2Cl)C1. The molecular weight excluding hydrogens is 583 g/mol. The van der Waals surface area contributed by atoms with Crippen molar-refractivity contribution >= 4 is 63.5 Å². The molecule has 5 nitrogen and oxygen atoms in total. The third-order valence-electron chi connectivity index (χ3n) is 7.65. The van der Waals surface area contributed by atoms with Crippen LogP contribution in [0.2, 0.25) is 15.1 Å². The van der Waals surface area contributed by atoms with Crippen LogP contribution in [0.1, 0.15) is 43.8 Å². The monoisotopic (exact) mass is 610 g/mol. The number of aromatic nitrogens is 1. The zero-order valence-corrected chi connectivity index (χ0v) is 25.2. The number of rotatable bonds is 5. The van der Waals surface area contributed by atoms with Crippen LogP contribution in [0.4, 0.5) is 11.4 Å². The predicted octanol–water partition coefficient (Wildman–Crippen LogP) is 8.96. The first-order valence-electron chi connectivity index (χ1n) is 13.4. The van der Waals surface area contributed by atoms with Gasteiger partial charge in [0.2, 0.25) is 0 Å². The fourth-order valence-electron chi connectivity index (χ4n) is 6.03. The van der Waals surface area contributed by atoms with Crippen molar-refractivity contribution in [1.82, 2.24) is 10.3 Å². The Balaban J connectivity index is 1.40. The number of nitrogens with one attached hydrogen (secondary N) is 1. The third-order valence-corrected chi connectivity index (χ3v) is 9.09. The molecule has 6 rings (SSSR count). The van der Waals surface area contributed by atoms with Crippen molar-refractivity contribution in [2.24, 2.45) is 11.8 Å². The summed E-state index contributed by atoms with van der Waals surface area (Å²) < 4.78 is 6.46. The lowest BCUT2D eigenvalue weighted by Gasteiger charge is -2.37. The molecule has 206 valence electrons. The number of thiocarbonyl (C=S) groups is 1. The molecule has 2 aliphatic heterocycles. The van der Waals surface area contributed by atoms with Crippen LogP contribution in [-0.4, -0.2) is 23.2 Å². The van der Waals surface area contributed by atoms with Gasteiger partial charge in [0.15, 0.2) is 5.11 Å². The lowest BCUT2D eigenvalue weighted by Crippen LogP contribution is -2.38. The molecule has 40 heavy (non-hydrogen) atoms. The summed E-state index contributed by atoms with van der Waals surface area (Å²) in [7, 11) is 0. The second-order valence-electron chi connectivity index (χ2n) is 10.8. The van der Waals surface area contributed by atoms with E-state index >= 15 is 0 Å². The molecule has 2 aromatic carbocycles. The van der Waals surface area contributed by atoms with Crippen molar-refractivity contribution < 1.29 is 4.42 Å². The minimum atomic E-state index is -0.314. The maximum atomic E-state index is 6.95. The highest BCUT2D eigenvalue weighted by atomic mass is 35.5. The highest BCUT2D eigenvalue weighted by Crippen LogP contribution is 2.45. The third kappa shape index (κ3) is 5.18. The molecule has 4 atom stereocenters. The number of halogens is 3. The molecule has 0 aliphatic carbocycles. The number of piperidine rings is 1. The first-order chi connectivity index (χ1) is 19.3. The van der Waals surface area contributed by atoms with Crippen LogP contribution in [-0.2, 0) is 0 Å². The minimum absolute atomic E-state index is 0.246. The van der Waals surface area contributed by atoms with E-state index < -0.39 is 0 Å². The first kappa shape index (κ1) is 27.4. The second-order valence-corrected chi connectivity index (χ2v) is 12.4. The number of nitrogens with zero attached hydrogens (tertiary/aromatic N) is 3. The zero-order valence-electron chi connectivity index (χ0n) is 22.2. The Kier molecular flexibility index (Phi) is 7.71. The second kappa shape index (κ2) is 11.2. The van der Waals surface area contributed by atoms with Crippen LogP contribution in [0.3, 0.4) is 0 Å². The number of pyridine rings is 1. The summed E-state index contributed by atoms with van der Waals surface area (Å²) in [5.74, 6) is 2.59. The van der Waals surface area contributed by atoms with Crippen LogP contribution >= 0.6 is 47.0 Å². The van der Waals surface area contributed by atoms with E-state index in [0.717, 1.165) is 35.7 Å². The van der Waals surface area contributed by atoms with Gasteiger partial charge in [-0.1, -0.05) is 60.8 Å². The summed E-state index contributed by atoms with van der Waals surface area (Å²) in [5, 5.41) is 5.68. The van der Waals surface area contributed by atoms with E-state index in [1.165, 1.54) is 6.42 Å². The van der Waals surface area contributed by atoms with Gasteiger partial charge >= 0.3 is 0 Å². The highest BCUT2D eigenvalue weighted by molar-refractivity contribution is 7.80. The molecule has 4 heterocycles. The first-order valence-corrected chi connectivity index (χ1v) is 14.9. The van der Waals surface area contributed by atoms with Crippen LogP contribution in [0.15, 0.2) is 77.3 Å². The smallest absolute Gasteiger partial charge is 0.174 e. The Hall–Kier alpha value is -2.77. The molecule has 0 saturated carbocycles. The molecule has 0 unspecified atom stereocenters. The highest BCUT2D eigenvalue weighted by Gasteiger charge is 2.43. The van der Waals surface area contributed by atoms with Gasteiger partial charge in [-0.2, -0.15) is 0 Å². The predicted molar refractivity (Wildman–Crippen MR) is 169 cm³/mol. The van der Waals surface area contributed by atoms with E-state index in [1.807, 2.05) is 48.5 Å². The van der Waals surface area contributed by atoms with Gasteiger partial charge in [0.25, 0.3) is 0 Å². The average molecular weight is 612 g/mol. The fraction of sp³-hybridized carbons (Fsp3) is 0.290. The van der Waals surface area contributed by atoms with Gasteiger partial charge in [-0.15, -0.1) is 0 Å². The van der Waals surface area contributed by atoms with Gasteiger partial charge in [-0.25, -0.2) is 0 Å². The lowest BCUT2D eigenvalue weighted by molar-refractivity contribution is 0.357. The number of benzene rings is 2. The summed E-state index contributed by atoms with van der Waals surface area (Å²) in [6.45, 7) is 6.60. The Morgan fingerprint density at radius 3 is 2.45 bits per heavy atom. The van der Waals surface area contributed by atoms with Crippen molar-refractivity contribution in [3.05, 3.63) is 99.4 Å². The largest absolute Gasteiger partial charge is 0.459 e. The van der Waals surface area contributed by atoms with Crippen molar-refractivity contribution in [2.45, 2.75) is 32.4 Å². The van der Waals surface area contributed by atoms with Gasteiger partial charge in [-0.3, -0.25) is 4.98 Å². The van der Waals surface area contributed by atoms with E-state index in [9.17, 15) is 0 Å². The molecule has 0 bridgehead atoms. The molecular formula is C31H29Cl3N4OS. The number of hydrogen-bond acceptors (Lipinski definition) is 4. The Morgan fingerprint density at radius 2 is 1.73 bits per heavy atom. The molecule has 0 spiro atoms. The molecule has 1 N–H and O–H groups in total. The fourth-order valence-corrected chi connectivity index (χ4v) is 7.07. The standard InChI is InChI=1S/C31H29Cl3N4OS/c1-18-14-19(2)17-37(16-18)25-10-9-20(15-23(25)33)38-30(29(36-31(38)40)24-8-3-4-13-35-24)27-12-11-26(39-27)21-6-5-7-22(32)28(21)34/h3-13,15,18-19,29-30H,14,16-17H2,1-2H3,(H,36,40)/t18-,19+,29-,30+/m0/s1. The molecule has 0 radical (unpaired) electrons. The molecule has 9 heteroatoms. The van der Waals surface area contributed by atoms with Gasteiger partial charge in [-0.05, 0) is 85.1 Å². The summed E-state index contributed by atoms with van der Waals surface area (Å²) in [5.41, 5.74) is 3.52. The van der Waals surface area contributed by atoms with E-state index in [2.05, 4.69) is 46.1 Å². The van der Waals surface area contributed by atoms with Crippen LogP contribution in [0, 0.1) is 11.8 Å². The van der Waals surface area contributed by atoms with E-state index in [1.54, 1.807) is 12.3 Å². The summed E-state index contributed by atoms with van der Waals surface area (Å²) in [6.07, 6.45) is 3.02. The van der Waals surface area contributed by atoms with Crippen molar-refractivity contribution in [2.75, 3.05) is 22.9 Å². The lowest BCUT2D eigenvalue weighted by atomic mass is 9.91. The number of furan rings is 1. The maximum absolute atomic E-state index is 6.95. The Bertz CT molecular complexity index is 1530. The molecule has 2 aliphatic rings. The van der Waals surface area contributed by atoms with Gasteiger partial charge in [0, 0.05) is 30.5 Å². The topological polar surface area (TPSA) is 44.5 Å². The quantitative estimate of drug-likeness (QED) is 0.227. The van der Waals surface area contributed by atoms with E-state index in [4.69, 9.17) is 51.4 Å². The molecule has 2 fully saturated rings. The van der Waals surface area contributed by atoms with Gasteiger partial charge < -0.3 is 19.5 Å². The molecule has 4 aromatic rings. The molecule has 2 aromatic heterocycles. The average Bonchev–Trinajstić information content (AvgIpc) is 3.54. The van der Waals surface area contributed by atoms with Crippen molar-refractivity contribution in [3.8, 4) is 11.3 Å². The van der Waals surface area contributed by atoms with Crippen LogP contribution in [0.5, 0.6) is 0 Å². The summed E-state index contributed by atoms with van der Waals surface area (Å²) in [6, 6.07) is 20.9. The summed E-state index contributed by atoms with van der Waals surface area (Å²) >= 11 is 25.7. The minimum Gasteiger partial charge on any atom is -0.459 e. The van der Waals surface area contributed by atoms with Gasteiger partial charge in [0.05, 0.1) is 32.5 Å². The normalized spacial score (nSPS) is 23.0. The van der Waals surface area contributed by atoms with E-state index in [0.29, 0.717) is 43.5 Å². The zero-order chi connectivity index (χ0) is 28.0. The molecule has 0 amide bonds. The van der Waals surface area contributed by atoms with Crippen LogP contribution < -0.4 is 15.1 Å². The van der Waals surface area contributed by atoms with Crippen LogP contribution in [0.25, 0.3) is 11.3 Å². The summed E-state index contributed by atoms with van der Waals surface area (Å²) in [4.78, 5) is 9.09. The Morgan fingerprint density at radius 1 is 0.925 bits per heavy atom. The van der Waals surface area contributed by atoms with Crippen molar-refractivity contribution in [1.29, 1.82) is 0 Å². The Labute approximate surface area is 255 Å². The number of hydrogen-bond donors (Lipinski definition) is 1. The molecule has 2 saturated heterocycles. The maximum Gasteiger partial charge on any atom is 0.174 e. The van der Waals surface area contributed by atoms with Crippen molar-refractivity contribution in [3.63, 3.8) is 0 Å². The van der Waals surface area contributed by atoms with E-state index in [-0.39, 0.29) is 12.1 Å². The number of anilines is 2.